The highest BCUT2D eigenvalue weighted by molar-refractivity contribution is 14.0. The van der Waals surface area contributed by atoms with Gasteiger partial charge in [-0.1, -0.05) is 24.3 Å². The van der Waals surface area contributed by atoms with Crippen molar-refractivity contribution in [3.63, 3.8) is 0 Å². The molecule has 1 aliphatic rings. The maximum atomic E-state index is 11.6. The lowest BCUT2D eigenvalue weighted by Gasteiger charge is -2.16. The van der Waals surface area contributed by atoms with Gasteiger partial charge in [-0.15, -0.1) is 24.0 Å². The minimum absolute atomic E-state index is 0. The van der Waals surface area contributed by atoms with Crippen LogP contribution >= 0.6 is 24.0 Å². The molecule has 0 amide bonds. The third kappa shape index (κ3) is 7.91. The molecular formula is C17H29IN4O2S. The molecule has 1 saturated heterocycles. The number of halogens is 1. The zero-order chi connectivity index (χ0) is 17.6. The minimum Gasteiger partial charge on any atom is -0.357 e. The van der Waals surface area contributed by atoms with E-state index in [2.05, 4.69) is 58.9 Å². The normalized spacial score (nSPS) is 19.5. The molecule has 0 aliphatic carbocycles. The van der Waals surface area contributed by atoms with Crippen LogP contribution in [0.4, 0.5) is 0 Å². The number of rotatable bonds is 6. The Labute approximate surface area is 168 Å². The van der Waals surface area contributed by atoms with Crippen molar-refractivity contribution in [1.29, 1.82) is 0 Å². The van der Waals surface area contributed by atoms with Crippen molar-refractivity contribution in [3.05, 3.63) is 35.4 Å². The van der Waals surface area contributed by atoms with Crippen molar-refractivity contribution in [1.82, 2.24) is 15.5 Å². The van der Waals surface area contributed by atoms with E-state index in [0.29, 0.717) is 18.9 Å². The Hall–Kier alpha value is -0.870. The molecule has 0 bridgehead atoms. The fourth-order valence-corrected chi connectivity index (χ4v) is 4.38. The van der Waals surface area contributed by atoms with Crippen LogP contribution in [0.3, 0.4) is 0 Å². The molecule has 8 heteroatoms. The van der Waals surface area contributed by atoms with Crippen molar-refractivity contribution in [2.45, 2.75) is 32.5 Å². The van der Waals surface area contributed by atoms with Crippen molar-refractivity contribution < 1.29 is 8.42 Å². The molecule has 6 nitrogen and oxygen atoms in total. The van der Waals surface area contributed by atoms with Crippen LogP contribution in [0.15, 0.2) is 29.3 Å². The summed E-state index contributed by atoms with van der Waals surface area (Å²) in [5.41, 5.74) is 2.41. The molecule has 0 spiro atoms. The summed E-state index contributed by atoms with van der Waals surface area (Å²) in [5.74, 6) is 1.13. The molecule has 0 radical (unpaired) electrons. The van der Waals surface area contributed by atoms with E-state index in [4.69, 9.17) is 0 Å². The second kappa shape index (κ2) is 10.3. The van der Waals surface area contributed by atoms with Crippen molar-refractivity contribution in [2.75, 3.05) is 32.1 Å². The number of aliphatic imine (C=N–C) groups is 1. The maximum absolute atomic E-state index is 11.6. The van der Waals surface area contributed by atoms with E-state index >= 15 is 0 Å². The summed E-state index contributed by atoms with van der Waals surface area (Å²) in [4.78, 5) is 6.71. The maximum Gasteiger partial charge on any atom is 0.191 e. The van der Waals surface area contributed by atoms with Gasteiger partial charge in [0.15, 0.2) is 15.8 Å². The predicted octanol–water partition coefficient (Wildman–Crippen LogP) is 1.61. The first-order chi connectivity index (χ1) is 11.4. The minimum atomic E-state index is -2.89. The van der Waals surface area contributed by atoms with Crippen molar-refractivity contribution >= 4 is 39.8 Å². The number of hydrogen-bond acceptors (Lipinski definition) is 4. The van der Waals surface area contributed by atoms with Crippen molar-refractivity contribution in [3.8, 4) is 0 Å². The van der Waals surface area contributed by atoms with Gasteiger partial charge in [0.05, 0.1) is 18.1 Å². The second-order valence-corrected chi connectivity index (χ2v) is 8.72. The van der Waals surface area contributed by atoms with Gasteiger partial charge in [-0.3, -0.25) is 0 Å². The smallest absolute Gasteiger partial charge is 0.191 e. The van der Waals surface area contributed by atoms with E-state index < -0.39 is 9.84 Å². The molecule has 1 aromatic carbocycles. The molecule has 1 atom stereocenters. The van der Waals surface area contributed by atoms with Gasteiger partial charge in [-0.25, -0.2) is 13.4 Å². The molecule has 1 aliphatic heterocycles. The summed E-state index contributed by atoms with van der Waals surface area (Å²) in [5, 5.41) is 6.42. The lowest BCUT2D eigenvalue weighted by Crippen LogP contribution is -2.44. The number of benzene rings is 1. The molecule has 2 rings (SSSR count). The van der Waals surface area contributed by atoms with Gasteiger partial charge in [0.1, 0.15) is 0 Å². The van der Waals surface area contributed by atoms with Gasteiger partial charge < -0.3 is 15.5 Å². The SMILES string of the molecule is CCNC(=NCc1ccc(CN(C)C)cc1)NC1CCS(=O)(=O)C1.I. The lowest BCUT2D eigenvalue weighted by atomic mass is 10.1. The van der Waals surface area contributed by atoms with Crippen LogP contribution < -0.4 is 10.6 Å². The number of sulfone groups is 1. The topological polar surface area (TPSA) is 73.8 Å². The van der Waals surface area contributed by atoms with Gasteiger partial charge >= 0.3 is 0 Å². The van der Waals surface area contributed by atoms with E-state index in [1.807, 2.05) is 6.92 Å². The Morgan fingerprint density at radius 2 is 1.88 bits per heavy atom. The Kier molecular flexibility index (Phi) is 9.15. The molecule has 1 unspecified atom stereocenters. The van der Waals surface area contributed by atoms with Gasteiger partial charge in [0, 0.05) is 19.1 Å². The monoisotopic (exact) mass is 480 g/mol. The van der Waals surface area contributed by atoms with Crippen LogP contribution in [0.1, 0.15) is 24.5 Å². The summed E-state index contributed by atoms with van der Waals surface area (Å²) in [7, 11) is 1.22. The van der Waals surface area contributed by atoms with Crippen molar-refractivity contribution in [2.24, 2.45) is 4.99 Å². The fraction of sp³-hybridized carbons (Fsp3) is 0.588. The first-order valence-electron chi connectivity index (χ1n) is 8.36. The zero-order valence-corrected chi connectivity index (χ0v) is 18.3. The second-order valence-electron chi connectivity index (χ2n) is 6.49. The fourth-order valence-electron chi connectivity index (χ4n) is 2.71. The average Bonchev–Trinajstić information content (AvgIpc) is 2.85. The third-order valence-electron chi connectivity index (χ3n) is 3.86. The van der Waals surface area contributed by atoms with Gasteiger partial charge in [0.25, 0.3) is 0 Å². The molecule has 1 heterocycles. The van der Waals surface area contributed by atoms with E-state index in [9.17, 15) is 8.42 Å². The van der Waals surface area contributed by atoms with Crippen LogP contribution in [0.2, 0.25) is 0 Å². The van der Waals surface area contributed by atoms with E-state index in [0.717, 1.165) is 18.7 Å². The summed E-state index contributed by atoms with van der Waals surface area (Å²) in [6.45, 7) is 4.23. The van der Waals surface area contributed by atoms with Crippen LogP contribution in [-0.2, 0) is 22.9 Å². The van der Waals surface area contributed by atoms with Gasteiger partial charge in [-0.2, -0.15) is 0 Å². The summed E-state index contributed by atoms with van der Waals surface area (Å²) < 4.78 is 23.1. The molecule has 2 N–H and O–H groups in total. The quantitative estimate of drug-likeness (QED) is 0.368. The largest absolute Gasteiger partial charge is 0.357 e. The molecule has 0 saturated carbocycles. The molecule has 1 fully saturated rings. The van der Waals surface area contributed by atoms with E-state index in [1.54, 1.807) is 0 Å². The number of nitrogens with zero attached hydrogens (tertiary/aromatic N) is 2. The lowest BCUT2D eigenvalue weighted by molar-refractivity contribution is 0.402. The molecular weight excluding hydrogens is 451 g/mol. The van der Waals surface area contributed by atoms with Crippen LogP contribution in [0.5, 0.6) is 0 Å². The van der Waals surface area contributed by atoms with Crippen LogP contribution in [0, 0.1) is 0 Å². The summed E-state index contributed by atoms with van der Waals surface area (Å²) in [6, 6.07) is 8.37. The predicted molar refractivity (Wildman–Crippen MR) is 114 cm³/mol. The highest BCUT2D eigenvalue weighted by Crippen LogP contribution is 2.11. The number of nitrogens with one attached hydrogen (secondary N) is 2. The van der Waals surface area contributed by atoms with Crippen LogP contribution in [-0.4, -0.2) is 57.5 Å². The first kappa shape index (κ1) is 22.2. The summed E-state index contributed by atoms with van der Waals surface area (Å²) >= 11 is 0. The Morgan fingerprint density at radius 1 is 1.24 bits per heavy atom. The first-order valence-corrected chi connectivity index (χ1v) is 10.2. The number of guanidine groups is 1. The highest BCUT2D eigenvalue weighted by Gasteiger charge is 2.28. The van der Waals surface area contributed by atoms with Crippen LogP contribution in [0.25, 0.3) is 0 Å². The van der Waals surface area contributed by atoms with E-state index in [1.165, 1.54) is 5.56 Å². The molecule has 25 heavy (non-hydrogen) atoms. The summed E-state index contributed by atoms with van der Waals surface area (Å²) in [6.07, 6.45) is 0.645. The van der Waals surface area contributed by atoms with Gasteiger partial charge in [0.2, 0.25) is 0 Å². The number of hydrogen-bond donors (Lipinski definition) is 2. The molecule has 0 aromatic heterocycles. The highest BCUT2D eigenvalue weighted by atomic mass is 127. The Morgan fingerprint density at radius 3 is 2.40 bits per heavy atom. The Balaban J connectivity index is 0.00000312. The molecule has 1 aromatic rings. The van der Waals surface area contributed by atoms with Gasteiger partial charge in [-0.05, 0) is 38.6 Å². The third-order valence-corrected chi connectivity index (χ3v) is 5.63. The Bertz CT molecular complexity index is 660. The standard InChI is InChI=1S/C17H28N4O2S.HI/c1-4-18-17(20-16-9-10-24(22,23)13-16)19-11-14-5-7-15(8-6-14)12-21(2)3;/h5-8,16H,4,9-13H2,1-3H3,(H2,18,19,20);1H. The molecule has 142 valence electrons. The zero-order valence-electron chi connectivity index (χ0n) is 15.2. The average molecular weight is 480 g/mol. The van der Waals surface area contributed by atoms with E-state index in [-0.39, 0.29) is 41.5 Å².